The lowest BCUT2D eigenvalue weighted by molar-refractivity contribution is 0.0175. The normalized spacial score (nSPS) is 15.9. The van der Waals surface area contributed by atoms with E-state index in [1.807, 2.05) is 48.5 Å². The third-order valence-corrected chi connectivity index (χ3v) is 3.98. The molecule has 0 radical (unpaired) electrons. The molecule has 0 aliphatic carbocycles. The van der Waals surface area contributed by atoms with Gasteiger partial charge in [0.2, 0.25) is 0 Å². The summed E-state index contributed by atoms with van der Waals surface area (Å²) in [6.07, 6.45) is -0.241. The predicted molar refractivity (Wildman–Crippen MR) is 90.0 cm³/mol. The molecular formula is C19H23NO3. The summed E-state index contributed by atoms with van der Waals surface area (Å²) in [5.41, 5.74) is 1.14. The third-order valence-electron chi connectivity index (χ3n) is 3.98. The second-order valence-corrected chi connectivity index (χ2v) is 5.53. The molecule has 1 unspecified atom stereocenters. The second kappa shape index (κ2) is 7.38. The van der Waals surface area contributed by atoms with Gasteiger partial charge in [-0.3, -0.25) is 4.90 Å². The molecule has 0 amide bonds. The molecule has 2 aromatic carbocycles. The van der Waals surface area contributed by atoms with Crippen LogP contribution < -0.4 is 14.2 Å². The highest BCUT2D eigenvalue weighted by molar-refractivity contribution is 5.47. The Morgan fingerprint density at radius 2 is 1.70 bits per heavy atom. The van der Waals surface area contributed by atoms with E-state index in [2.05, 4.69) is 18.7 Å². The van der Waals surface area contributed by atoms with Gasteiger partial charge in [-0.1, -0.05) is 44.2 Å². The Morgan fingerprint density at radius 3 is 2.43 bits per heavy atom. The van der Waals surface area contributed by atoms with E-state index in [1.54, 1.807) is 0 Å². The van der Waals surface area contributed by atoms with E-state index in [1.165, 1.54) is 0 Å². The van der Waals surface area contributed by atoms with Gasteiger partial charge in [0.15, 0.2) is 11.5 Å². The molecular weight excluding hydrogens is 290 g/mol. The number of hydrogen-bond donors (Lipinski definition) is 0. The lowest BCUT2D eigenvalue weighted by Gasteiger charge is -2.21. The summed E-state index contributed by atoms with van der Waals surface area (Å²) in [5, 5.41) is 0. The van der Waals surface area contributed by atoms with Gasteiger partial charge in [-0.2, -0.15) is 0 Å². The van der Waals surface area contributed by atoms with Gasteiger partial charge in [0.1, 0.15) is 12.4 Å². The predicted octanol–water partition coefficient (Wildman–Crippen LogP) is 3.70. The van der Waals surface area contributed by atoms with Crippen molar-refractivity contribution in [2.45, 2.75) is 26.7 Å². The number of nitrogens with zero attached hydrogens (tertiary/aromatic N) is 1. The highest BCUT2D eigenvalue weighted by Crippen LogP contribution is 2.37. The average Bonchev–Trinajstić information content (AvgIpc) is 3.00. The fourth-order valence-electron chi connectivity index (χ4n) is 2.58. The highest BCUT2D eigenvalue weighted by atomic mass is 16.7. The molecule has 0 aromatic heterocycles. The van der Waals surface area contributed by atoms with E-state index >= 15 is 0 Å². The van der Waals surface area contributed by atoms with Crippen LogP contribution in [0.3, 0.4) is 0 Å². The van der Waals surface area contributed by atoms with Crippen LogP contribution in [-0.4, -0.2) is 30.8 Å². The van der Waals surface area contributed by atoms with Crippen molar-refractivity contribution in [3.8, 4) is 17.2 Å². The molecule has 0 N–H and O–H groups in total. The molecule has 4 heteroatoms. The molecule has 23 heavy (non-hydrogen) atoms. The van der Waals surface area contributed by atoms with Crippen LogP contribution >= 0.6 is 0 Å². The Balaban J connectivity index is 1.59. The molecule has 1 heterocycles. The maximum absolute atomic E-state index is 5.89. The first-order valence-corrected chi connectivity index (χ1v) is 8.15. The average molecular weight is 313 g/mol. The fraction of sp³-hybridized carbons (Fsp3) is 0.368. The first-order valence-electron chi connectivity index (χ1n) is 8.15. The van der Waals surface area contributed by atoms with E-state index in [4.69, 9.17) is 14.2 Å². The fourth-order valence-corrected chi connectivity index (χ4v) is 2.58. The molecule has 0 spiro atoms. The zero-order valence-electron chi connectivity index (χ0n) is 13.7. The quantitative estimate of drug-likeness (QED) is 0.780. The first kappa shape index (κ1) is 15.7. The van der Waals surface area contributed by atoms with Crippen molar-refractivity contribution in [3.63, 3.8) is 0 Å². The Bertz CT molecular complexity index is 626. The summed E-state index contributed by atoms with van der Waals surface area (Å²) in [4.78, 5) is 2.28. The van der Waals surface area contributed by atoms with Crippen molar-refractivity contribution < 1.29 is 14.2 Å². The molecule has 1 aliphatic rings. The Hall–Kier alpha value is -2.20. The zero-order chi connectivity index (χ0) is 16.1. The second-order valence-electron chi connectivity index (χ2n) is 5.53. The van der Waals surface area contributed by atoms with Gasteiger partial charge in [0.05, 0.1) is 6.54 Å². The van der Waals surface area contributed by atoms with Gasteiger partial charge in [-0.15, -0.1) is 0 Å². The Kier molecular flexibility index (Phi) is 5.03. The van der Waals surface area contributed by atoms with Crippen LogP contribution in [0.25, 0.3) is 0 Å². The van der Waals surface area contributed by atoms with E-state index in [9.17, 15) is 0 Å². The van der Waals surface area contributed by atoms with Crippen molar-refractivity contribution in [3.05, 3.63) is 54.1 Å². The van der Waals surface area contributed by atoms with Crippen LogP contribution in [0.2, 0.25) is 0 Å². The molecule has 0 fully saturated rings. The number of ether oxygens (including phenoxy) is 3. The first-order chi connectivity index (χ1) is 11.3. The van der Waals surface area contributed by atoms with E-state index in [0.717, 1.165) is 42.4 Å². The Labute approximate surface area is 137 Å². The van der Waals surface area contributed by atoms with E-state index in [-0.39, 0.29) is 6.29 Å². The summed E-state index contributed by atoms with van der Waals surface area (Å²) in [6.45, 7) is 7.57. The van der Waals surface area contributed by atoms with Crippen molar-refractivity contribution in [2.24, 2.45) is 0 Å². The van der Waals surface area contributed by atoms with Gasteiger partial charge in [-0.05, 0) is 30.8 Å². The number of benzene rings is 2. The van der Waals surface area contributed by atoms with Gasteiger partial charge in [0, 0.05) is 6.07 Å². The molecule has 3 rings (SSSR count). The summed E-state index contributed by atoms with van der Waals surface area (Å²) >= 11 is 0. The standard InChI is InChI=1S/C19H23NO3/c1-3-20(4-2)13-19-22-17-11-10-16(12-18(17)23-19)21-14-15-8-6-5-7-9-15/h5-12,19H,3-4,13-14H2,1-2H3. The molecule has 1 aliphatic heterocycles. The van der Waals surface area contributed by atoms with Crippen molar-refractivity contribution in [1.29, 1.82) is 0 Å². The van der Waals surface area contributed by atoms with Gasteiger partial charge >= 0.3 is 0 Å². The molecule has 0 saturated heterocycles. The summed E-state index contributed by atoms with van der Waals surface area (Å²) in [5.74, 6) is 2.33. The molecule has 122 valence electrons. The van der Waals surface area contributed by atoms with Gasteiger partial charge in [-0.25, -0.2) is 0 Å². The lowest BCUT2D eigenvalue weighted by atomic mass is 10.2. The van der Waals surface area contributed by atoms with Crippen molar-refractivity contribution in [1.82, 2.24) is 4.90 Å². The minimum absolute atomic E-state index is 0.241. The summed E-state index contributed by atoms with van der Waals surface area (Å²) in [6, 6.07) is 15.9. The minimum Gasteiger partial charge on any atom is -0.489 e. The molecule has 0 saturated carbocycles. The topological polar surface area (TPSA) is 30.9 Å². The summed E-state index contributed by atoms with van der Waals surface area (Å²) < 4.78 is 17.6. The number of rotatable bonds is 7. The Morgan fingerprint density at radius 1 is 0.957 bits per heavy atom. The maximum atomic E-state index is 5.89. The van der Waals surface area contributed by atoms with Crippen LogP contribution in [0, 0.1) is 0 Å². The van der Waals surface area contributed by atoms with Crippen LogP contribution in [0.15, 0.2) is 48.5 Å². The van der Waals surface area contributed by atoms with Crippen LogP contribution in [-0.2, 0) is 6.61 Å². The highest BCUT2D eigenvalue weighted by Gasteiger charge is 2.26. The number of likely N-dealkylation sites (N-methyl/N-ethyl adjacent to an activating group) is 1. The SMILES string of the molecule is CCN(CC)CC1Oc2ccc(OCc3ccccc3)cc2O1. The number of fused-ring (bicyclic) bond motifs is 1. The van der Waals surface area contributed by atoms with Crippen molar-refractivity contribution in [2.75, 3.05) is 19.6 Å². The monoisotopic (exact) mass is 313 g/mol. The molecule has 2 aromatic rings. The maximum Gasteiger partial charge on any atom is 0.254 e. The van der Waals surface area contributed by atoms with E-state index in [0.29, 0.717) is 6.61 Å². The lowest BCUT2D eigenvalue weighted by Crippen LogP contribution is -2.36. The smallest absolute Gasteiger partial charge is 0.254 e. The van der Waals surface area contributed by atoms with Crippen LogP contribution in [0.5, 0.6) is 17.2 Å². The van der Waals surface area contributed by atoms with Crippen LogP contribution in [0.1, 0.15) is 19.4 Å². The molecule has 0 bridgehead atoms. The third kappa shape index (κ3) is 3.96. The van der Waals surface area contributed by atoms with Crippen LogP contribution in [0.4, 0.5) is 0 Å². The largest absolute Gasteiger partial charge is 0.489 e. The summed E-state index contributed by atoms with van der Waals surface area (Å²) in [7, 11) is 0. The van der Waals surface area contributed by atoms with E-state index < -0.39 is 0 Å². The number of hydrogen-bond acceptors (Lipinski definition) is 4. The minimum atomic E-state index is -0.241. The molecule has 1 atom stereocenters. The van der Waals surface area contributed by atoms with Gasteiger partial charge in [0.25, 0.3) is 6.29 Å². The van der Waals surface area contributed by atoms with Crippen molar-refractivity contribution >= 4 is 0 Å². The van der Waals surface area contributed by atoms with Gasteiger partial charge < -0.3 is 14.2 Å². The zero-order valence-corrected chi connectivity index (χ0v) is 13.7. The molecule has 4 nitrogen and oxygen atoms in total.